The van der Waals surface area contributed by atoms with Crippen molar-refractivity contribution < 1.29 is 23.0 Å². The average molecular weight is 285 g/mol. The fraction of sp³-hybridized carbons (Fsp3) is 1.00. The topological polar surface area (TPSA) is 41.5 Å². The molecule has 0 saturated heterocycles. The van der Waals surface area contributed by atoms with E-state index in [1.807, 2.05) is 27.7 Å². The minimum atomic E-state index is -4.12. The second kappa shape index (κ2) is 8.07. The van der Waals surface area contributed by atoms with Crippen LogP contribution in [0.3, 0.4) is 0 Å². The van der Waals surface area contributed by atoms with E-state index in [2.05, 4.69) is 5.32 Å². The lowest BCUT2D eigenvalue weighted by molar-refractivity contribution is -0.139. The normalized spacial score (nSPS) is 17.5. The highest BCUT2D eigenvalue weighted by atomic mass is 19.4. The van der Waals surface area contributed by atoms with Gasteiger partial charge in [0.1, 0.15) is 0 Å². The minimum Gasteiger partial charge on any atom is -0.394 e. The number of aliphatic hydroxyl groups is 1. The van der Waals surface area contributed by atoms with Gasteiger partial charge < -0.3 is 15.2 Å². The van der Waals surface area contributed by atoms with Crippen molar-refractivity contribution in [3.8, 4) is 0 Å². The third-order valence-electron chi connectivity index (χ3n) is 2.73. The Morgan fingerprint density at radius 3 is 2.21 bits per heavy atom. The molecule has 0 bridgehead atoms. The van der Waals surface area contributed by atoms with Crippen molar-refractivity contribution in [2.24, 2.45) is 0 Å². The van der Waals surface area contributed by atoms with E-state index in [9.17, 15) is 18.3 Å². The Morgan fingerprint density at radius 2 is 1.79 bits per heavy atom. The van der Waals surface area contributed by atoms with Crippen molar-refractivity contribution in [1.82, 2.24) is 5.32 Å². The molecule has 2 atom stereocenters. The standard InChI is InChI=1S/C13H26F3NO2/c1-10(2)17-12(4,9-18)8-11(3)19-7-5-6-13(14,15)16/h10-11,17-18H,5-9H2,1-4H3. The summed E-state index contributed by atoms with van der Waals surface area (Å²) in [5.41, 5.74) is -0.475. The second-order valence-corrected chi connectivity index (χ2v) is 5.62. The molecule has 2 N–H and O–H groups in total. The molecule has 0 spiro atoms. The van der Waals surface area contributed by atoms with Crippen LogP contribution in [0.15, 0.2) is 0 Å². The maximum absolute atomic E-state index is 12.0. The van der Waals surface area contributed by atoms with Crippen LogP contribution in [0.2, 0.25) is 0 Å². The molecule has 0 rings (SSSR count). The molecule has 0 aliphatic carbocycles. The zero-order valence-corrected chi connectivity index (χ0v) is 12.2. The molecular weight excluding hydrogens is 259 g/mol. The summed E-state index contributed by atoms with van der Waals surface area (Å²) in [7, 11) is 0. The van der Waals surface area contributed by atoms with Crippen LogP contribution in [0.5, 0.6) is 0 Å². The van der Waals surface area contributed by atoms with Gasteiger partial charge in [-0.2, -0.15) is 13.2 Å². The zero-order chi connectivity index (χ0) is 15.1. The number of hydrogen-bond acceptors (Lipinski definition) is 3. The van der Waals surface area contributed by atoms with Crippen molar-refractivity contribution in [3.63, 3.8) is 0 Å². The number of alkyl halides is 3. The molecule has 0 radical (unpaired) electrons. The van der Waals surface area contributed by atoms with Crippen LogP contribution in [0.1, 0.15) is 47.0 Å². The highest BCUT2D eigenvalue weighted by Gasteiger charge is 2.28. The number of halogens is 3. The molecule has 3 nitrogen and oxygen atoms in total. The van der Waals surface area contributed by atoms with Crippen molar-refractivity contribution >= 4 is 0 Å². The van der Waals surface area contributed by atoms with Gasteiger partial charge >= 0.3 is 6.18 Å². The van der Waals surface area contributed by atoms with Gasteiger partial charge in [-0.3, -0.25) is 0 Å². The summed E-state index contributed by atoms with van der Waals surface area (Å²) in [4.78, 5) is 0. The summed E-state index contributed by atoms with van der Waals surface area (Å²) in [5.74, 6) is 0. The Bertz CT molecular complexity index is 247. The van der Waals surface area contributed by atoms with E-state index in [1.54, 1.807) is 0 Å². The van der Waals surface area contributed by atoms with E-state index in [0.717, 1.165) is 0 Å². The molecule has 6 heteroatoms. The molecule has 0 saturated carbocycles. The number of aliphatic hydroxyl groups excluding tert-OH is 1. The van der Waals surface area contributed by atoms with Crippen molar-refractivity contribution in [2.75, 3.05) is 13.2 Å². The summed E-state index contributed by atoms with van der Waals surface area (Å²) in [6.07, 6.45) is -4.61. The van der Waals surface area contributed by atoms with Crippen LogP contribution in [-0.4, -0.2) is 42.2 Å². The molecule has 0 aromatic carbocycles. The average Bonchev–Trinajstić information content (AvgIpc) is 2.22. The molecule has 0 fully saturated rings. The Kier molecular flexibility index (Phi) is 7.93. The third-order valence-corrected chi connectivity index (χ3v) is 2.73. The Balaban J connectivity index is 3.98. The highest BCUT2D eigenvalue weighted by Crippen LogP contribution is 2.22. The first-order valence-electron chi connectivity index (χ1n) is 6.65. The molecule has 19 heavy (non-hydrogen) atoms. The summed E-state index contributed by atoms with van der Waals surface area (Å²) in [5, 5.41) is 12.6. The van der Waals surface area contributed by atoms with Crippen molar-refractivity contribution in [2.45, 2.75) is 70.8 Å². The first-order valence-corrected chi connectivity index (χ1v) is 6.65. The smallest absolute Gasteiger partial charge is 0.389 e. The molecule has 0 aliphatic heterocycles. The van der Waals surface area contributed by atoms with Gasteiger partial charge in [-0.05, 0) is 26.7 Å². The zero-order valence-electron chi connectivity index (χ0n) is 12.2. The SMILES string of the molecule is CC(C)NC(C)(CO)CC(C)OCCCC(F)(F)F. The monoisotopic (exact) mass is 285 g/mol. The predicted molar refractivity (Wildman–Crippen MR) is 69.1 cm³/mol. The predicted octanol–water partition coefficient (Wildman–Crippen LogP) is 2.87. The van der Waals surface area contributed by atoms with Crippen LogP contribution in [-0.2, 0) is 4.74 Å². The van der Waals surface area contributed by atoms with Gasteiger partial charge in [0.2, 0.25) is 0 Å². The van der Waals surface area contributed by atoms with E-state index in [0.29, 0.717) is 6.42 Å². The number of nitrogens with one attached hydrogen (secondary N) is 1. The summed E-state index contributed by atoms with van der Waals surface area (Å²) in [6.45, 7) is 7.68. The van der Waals surface area contributed by atoms with Crippen molar-refractivity contribution in [1.29, 1.82) is 0 Å². The van der Waals surface area contributed by atoms with Crippen LogP contribution < -0.4 is 5.32 Å². The molecule has 2 unspecified atom stereocenters. The number of rotatable bonds is 9. The van der Waals surface area contributed by atoms with Crippen molar-refractivity contribution in [3.05, 3.63) is 0 Å². The molecule has 0 amide bonds. The highest BCUT2D eigenvalue weighted by molar-refractivity contribution is 4.85. The molecule has 0 aromatic heterocycles. The maximum atomic E-state index is 12.0. The third kappa shape index (κ3) is 10.2. The summed E-state index contributed by atoms with van der Waals surface area (Å²) in [6, 6.07) is 0.217. The van der Waals surface area contributed by atoms with Gasteiger partial charge in [0.15, 0.2) is 0 Å². The van der Waals surface area contributed by atoms with Gasteiger partial charge in [0, 0.05) is 24.6 Å². The van der Waals surface area contributed by atoms with Crippen LogP contribution in [0.4, 0.5) is 13.2 Å². The lowest BCUT2D eigenvalue weighted by atomic mass is 9.95. The molecule has 0 heterocycles. The first kappa shape index (κ1) is 18.7. The van der Waals surface area contributed by atoms with Crippen LogP contribution >= 0.6 is 0 Å². The minimum absolute atomic E-state index is 0.0265. The lowest BCUT2D eigenvalue weighted by Gasteiger charge is -2.33. The van der Waals surface area contributed by atoms with Gasteiger partial charge in [-0.15, -0.1) is 0 Å². The van der Waals surface area contributed by atoms with Gasteiger partial charge in [-0.25, -0.2) is 0 Å². The fourth-order valence-electron chi connectivity index (χ4n) is 2.12. The van der Waals surface area contributed by atoms with Crippen LogP contribution in [0.25, 0.3) is 0 Å². The molecule has 116 valence electrons. The van der Waals surface area contributed by atoms with E-state index in [1.165, 1.54) is 0 Å². The number of hydrogen-bond donors (Lipinski definition) is 2. The number of ether oxygens (including phenoxy) is 1. The Morgan fingerprint density at radius 1 is 1.21 bits per heavy atom. The van der Waals surface area contributed by atoms with Gasteiger partial charge in [0.25, 0.3) is 0 Å². The van der Waals surface area contributed by atoms with E-state index >= 15 is 0 Å². The summed E-state index contributed by atoms with van der Waals surface area (Å²) >= 11 is 0. The van der Waals surface area contributed by atoms with E-state index in [4.69, 9.17) is 4.74 Å². The second-order valence-electron chi connectivity index (χ2n) is 5.62. The first-order chi connectivity index (χ1) is 8.58. The van der Waals surface area contributed by atoms with Gasteiger partial charge in [0.05, 0.1) is 12.7 Å². The van der Waals surface area contributed by atoms with Crippen LogP contribution in [0, 0.1) is 0 Å². The largest absolute Gasteiger partial charge is 0.394 e. The van der Waals surface area contributed by atoms with E-state index in [-0.39, 0.29) is 31.8 Å². The van der Waals surface area contributed by atoms with E-state index < -0.39 is 18.1 Å². The lowest BCUT2D eigenvalue weighted by Crippen LogP contribution is -2.51. The molecule has 0 aliphatic rings. The Labute approximate surface area is 113 Å². The fourth-order valence-corrected chi connectivity index (χ4v) is 2.12. The quantitative estimate of drug-likeness (QED) is 0.640. The summed E-state index contributed by atoms with van der Waals surface area (Å²) < 4.78 is 41.2. The van der Waals surface area contributed by atoms with Gasteiger partial charge in [-0.1, -0.05) is 13.8 Å². The Hall–Kier alpha value is -0.330. The maximum Gasteiger partial charge on any atom is 0.389 e. The molecule has 0 aromatic rings. The molecular formula is C13H26F3NO2.